The van der Waals surface area contributed by atoms with Gasteiger partial charge in [0.1, 0.15) is 0 Å². The van der Waals surface area contributed by atoms with E-state index in [4.69, 9.17) is 11.6 Å². The lowest BCUT2D eigenvalue weighted by atomic mass is 10.6. The SMILES string of the molecule is C[N+](C)(C)CCCl.[OH-]. The Morgan fingerprint density at radius 2 is 1.62 bits per heavy atom. The topological polar surface area (TPSA) is 30.0 Å². The Morgan fingerprint density at radius 3 is 1.62 bits per heavy atom. The smallest absolute Gasteiger partial charge is 0.0918 e. The monoisotopic (exact) mass is 139 g/mol. The molecule has 0 unspecified atom stereocenters. The molecule has 0 fully saturated rings. The van der Waals surface area contributed by atoms with Gasteiger partial charge in [0, 0.05) is 0 Å². The molecule has 1 N–H and O–H groups in total. The minimum atomic E-state index is 0. The molecule has 0 amide bonds. The van der Waals surface area contributed by atoms with Crippen LogP contribution in [-0.4, -0.2) is 43.5 Å². The van der Waals surface area contributed by atoms with Crippen LogP contribution < -0.4 is 0 Å². The lowest BCUT2D eigenvalue weighted by molar-refractivity contribution is -0.867. The van der Waals surface area contributed by atoms with Crippen LogP contribution in [0, 0.1) is 0 Å². The van der Waals surface area contributed by atoms with Crippen molar-refractivity contribution in [3.05, 3.63) is 0 Å². The first-order valence-corrected chi connectivity index (χ1v) is 2.96. The lowest BCUT2D eigenvalue weighted by Crippen LogP contribution is -2.35. The summed E-state index contributed by atoms with van der Waals surface area (Å²) in [5.74, 6) is 0.753. The second-order valence-corrected chi connectivity index (χ2v) is 3.08. The average molecular weight is 140 g/mol. The quantitative estimate of drug-likeness (QED) is 0.410. The molecule has 0 rings (SSSR count). The van der Waals surface area contributed by atoms with E-state index in [1.807, 2.05) is 0 Å². The molecule has 3 heteroatoms. The molecule has 0 spiro atoms. The molecule has 8 heavy (non-hydrogen) atoms. The predicted octanol–water partition coefficient (Wildman–Crippen LogP) is 0.755. The average Bonchev–Trinajstić information content (AvgIpc) is 1.30. The summed E-state index contributed by atoms with van der Waals surface area (Å²) >= 11 is 5.47. The molecule has 0 radical (unpaired) electrons. The molecule has 0 saturated heterocycles. The van der Waals surface area contributed by atoms with Crippen molar-refractivity contribution in [1.29, 1.82) is 0 Å². The third-order valence-electron chi connectivity index (χ3n) is 0.755. The van der Waals surface area contributed by atoms with Gasteiger partial charge in [0.2, 0.25) is 0 Å². The van der Waals surface area contributed by atoms with E-state index in [0.717, 1.165) is 16.9 Å². The maximum absolute atomic E-state index is 5.47. The third-order valence-corrected chi connectivity index (χ3v) is 0.924. The number of hydrogen-bond donors (Lipinski definition) is 0. The molecule has 0 aromatic carbocycles. The van der Waals surface area contributed by atoms with E-state index in [9.17, 15) is 0 Å². The van der Waals surface area contributed by atoms with Crippen molar-refractivity contribution < 1.29 is 9.96 Å². The fourth-order valence-electron chi connectivity index (χ4n) is 0.254. The highest BCUT2D eigenvalue weighted by atomic mass is 35.5. The fraction of sp³-hybridized carbons (Fsp3) is 1.00. The van der Waals surface area contributed by atoms with Crippen LogP contribution in [0.5, 0.6) is 0 Å². The Labute approximate surface area is 56.0 Å². The van der Waals surface area contributed by atoms with Gasteiger partial charge in [0.25, 0.3) is 0 Å². The van der Waals surface area contributed by atoms with Crippen LogP contribution in [0.3, 0.4) is 0 Å². The highest BCUT2D eigenvalue weighted by Gasteiger charge is 2.02. The van der Waals surface area contributed by atoms with Gasteiger partial charge < -0.3 is 9.96 Å². The first kappa shape index (κ1) is 11.1. The van der Waals surface area contributed by atoms with E-state index in [2.05, 4.69) is 21.1 Å². The van der Waals surface area contributed by atoms with Crippen molar-refractivity contribution in [3.63, 3.8) is 0 Å². The van der Waals surface area contributed by atoms with E-state index < -0.39 is 0 Å². The van der Waals surface area contributed by atoms with Gasteiger partial charge in [-0.15, -0.1) is 11.6 Å². The summed E-state index contributed by atoms with van der Waals surface area (Å²) in [6.45, 7) is 1.04. The first-order valence-electron chi connectivity index (χ1n) is 2.43. The lowest BCUT2D eigenvalue weighted by Gasteiger charge is -2.21. The zero-order valence-corrected chi connectivity index (χ0v) is 6.44. The third kappa shape index (κ3) is 9.51. The molecule has 0 atom stereocenters. The summed E-state index contributed by atoms with van der Waals surface area (Å²) < 4.78 is 0.962. The minimum Gasteiger partial charge on any atom is -0.870 e. The van der Waals surface area contributed by atoms with Crippen molar-refractivity contribution in [3.8, 4) is 0 Å². The van der Waals surface area contributed by atoms with Gasteiger partial charge in [0.15, 0.2) is 0 Å². The maximum atomic E-state index is 5.47. The van der Waals surface area contributed by atoms with Crippen LogP contribution in [0.1, 0.15) is 0 Å². The van der Waals surface area contributed by atoms with Crippen LogP contribution in [0.15, 0.2) is 0 Å². The van der Waals surface area contributed by atoms with Crippen molar-refractivity contribution in [1.82, 2.24) is 0 Å². The largest absolute Gasteiger partial charge is 0.870 e. The van der Waals surface area contributed by atoms with E-state index >= 15 is 0 Å². The number of halogens is 1. The molecule has 52 valence electrons. The Bertz CT molecular complexity index is 50.9. The molecule has 0 aromatic heterocycles. The van der Waals surface area contributed by atoms with Gasteiger partial charge >= 0.3 is 0 Å². The van der Waals surface area contributed by atoms with Crippen molar-refractivity contribution in [2.24, 2.45) is 0 Å². The molecule has 0 heterocycles. The van der Waals surface area contributed by atoms with Crippen molar-refractivity contribution in [2.45, 2.75) is 0 Å². The van der Waals surface area contributed by atoms with Gasteiger partial charge in [-0.2, -0.15) is 0 Å². The van der Waals surface area contributed by atoms with E-state index in [0.29, 0.717) is 0 Å². The summed E-state index contributed by atoms with van der Waals surface area (Å²) in [7, 11) is 6.38. The molecule has 0 bridgehead atoms. The van der Waals surface area contributed by atoms with Crippen LogP contribution in [0.2, 0.25) is 0 Å². The number of quaternary nitrogens is 1. The fourth-order valence-corrected chi connectivity index (χ4v) is 0.761. The number of alkyl halides is 1. The minimum absolute atomic E-state index is 0. The van der Waals surface area contributed by atoms with Crippen LogP contribution in [-0.2, 0) is 0 Å². The second kappa shape index (κ2) is 4.13. The molecular weight excluding hydrogens is 126 g/mol. The van der Waals surface area contributed by atoms with Gasteiger partial charge in [-0.05, 0) is 0 Å². The Balaban J connectivity index is 0. The highest BCUT2D eigenvalue weighted by molar-refractivity contribution is 6.17. The predicted molar refractivity (Wildman–Crippen MR) is 35.6 cm³/mol. The second-order valence-electron chi connectivity index (χ2n) is 2.70. The van der Waals surface area contributed by atoms with Crippen molar-refractivity contribution in [2.75, 3.05) is 33.6 Å². The van der Waals surface area contributed by atoms with Gasteiger partial charge in [-0.3, -0.25) is 0 Å². The normalized spacial score (nSPS) is 10.5. The standard InChI is InChI=1S/C5H13ClN.H2O/c1-7(2,3)5-4-6;/h4-5H2,1-3H3;1H2/q+1;/p-1. The van der Waals surface area contributed by atoms with Crippen LogP contribution in [0.4, 0.5) is 0 Å². The zero-order valence-electron chi connectivity index (χ0n) is 5.69. The summed E-state index contributed by atoms with van der Waals surface area (Å²) in [5, 5.41) is 0. The Kier molecular flexibility index (Phi) is 5.71. The Hall–Kier alpha value is 0.210. The summed E-state index contributed by atoms with van der Waals surface area (Å²) in [5.41, 5.74) is 0. The summed E-state index contributed by atoms with van der Waals surface area (Å²) in [6, 6.07) is 0. The zero-order chi connectivity index (χ0) is 5.91. The molecule has 2 nitrogen and oxygen atoms in total. The molecule has 0 aliphatic heterocycles. The summed E-state index contributed by atoms with van der Waals surface area (Å²) in [6.07, 6.45) is 0. The van der Waals surface area contributed by atoms with Crippen LogP contribution in [0.25, 0.3) is 0 Å². The van der Waals surface area contributed by atoms with Crippen LogP contribution >= 0.6 is 11.6 Å². The molecule has 0 aliphatic rings. The molecule has 0 aliphatic carbocycles. The van der Waals surface area contributed by atoms with Gasteiger partial charge in [0.05, 0.1) is 33.6 Å². The van der Waals surface area contributed by atoms with E-state index in [-0.39, 0.29) is 5.48 Å². The Morgan fingerprint density at radius 1 is 1.25 bits per heavy atom. The molecule has 0 saturated carbocycles. The highest BCUT2D eigenvalue weighted by Crippen LogP contribution is 1.88. The first-order chi connectivity index (χ1) is 3.06. The van der Waals surface area contributed by atoms with Crippen molar-refractivity contribution >= 4 is 11.6 Å². The van der Waals surface area contributed by atoms with Gasteiger partial charge in [-0.1, -0.05) is 0 Å². The molecular formula is C5H14ClNO. The van der Waals surface area contributed by atoms with E-state index in [1.54, 1.807) is 0 Å². The number of rotatable bonds is 2. The number of hydrogen-bond acceptors (Lipinski definition) is 1. The molecule has 0 aromatic rings. The van der Waals surface area contributed by atoms with Gasteiger partial charge in [-0.25, -0.2) is 0 Å². The van der Waals surface area contributed by atoms with E-state index in [1.165, 1.54) is 0 Å². The maximum Gasteiger partial charge on any atom is 0.0918 e. The summed E-state index contributed by atoms with van der Waals surface area (Å²) in [4.78, 5) is 0. The number of nitrogens with zero attached hydrogens (tertiary/aromatic N) is 1.